The van der Waals surface area contributed by atoms with E-state index in [1.54, 1.807) is 6.07 Å². The number of thiophene rings is 1. The molecule has 0 bridgehead atoms. The smallest absolute Gasteiger partial charge is 0.279 e. The van der Waals surface area contributed by atoms with Gasteiger partial charge < -0.3 is 4.74 Å². The number of amides is 2. The quantitative estimate of drug-likeness (QED) is 0.790. The van der Waals surface area contributed by atoms with Gasteiger partial charge in [-0.15, -0.1) is 11.3 Å². The number of hydrogen-bond acceptors (Lipinski definition) is 4. The van der Waals surface area contributed by atoms with E-state index in [1.165, 1.54) is 16.2 Å². The van der Waals surface area contributed by atoms with Crippen molar-refractivity contribution in [3.63, 3.8) is 0 Å². The average Bonchev–Trinajstić information content (AvgIpc) is 2.99. The zero-order valence-corrected chi connectivity index (χ0v) is 15.0. The molecule has 128 valence electrons. The molecule has 6 heteroatoms. The van der Waals surface area contributed by atoms with Gasteiger partial charge in [0.2, 0.25) is 0 Å². The molecule has 0 atom stereocenters. The Morgan fingerprint density at radius 2 is 1.92 bits per heavy atom. The maximum absolute atomic E-state index is 12.0. The summed E-state index contributed by atoms with van der Waals surface area (Å²) < 4.78 is 5.43. The van der Waals surface area contributed by atoms with Crippen molar-refractivity contribution in [1.29, 1.82) is 0 Å². The van der Waals surface area contributed by atoms with Crippen LogP contribution in [0.4, 0.5) is 0 Å². The Bertz CT molecular complexity index is 725. The van der Waals surface area contributed by atoms with Crippen molar-refractivity contribution in [2.75, 3.05) is 6.61 Å². The lowest BCUT2D eigenvalue weighted by atomic mass is 10.2. The van der Waals surface area contributed by atoms with Crippen molar-refractivity contribution in [3.05, 3.63) is 51.2 Å². The molecule has 2 N–H and O–H groups in total. The lowest BCUT2D eigenvalue weighted by Crippen LogP contribution is -2.43. The first-order chi connectivity index (χ1) is 11.5. The second-order valence-electron chi connectivity index (χ2n) is 5.36. The highest BCUT2D eigenvalue weighted by Crippen LogP contribution is 2.22. The van der Waals surface area contributed by atoms with Crippen molar-refractivity contribution in [3.8, 4) is 5.75 Å². The van der Waals surface area contributed by atoms with Gasteiger partial charge in [0.1, 0.15) is 5.75 Å². The Morgan fingerprint density at radius 1 is 1.12 bits per heavy atom. The molecule has 0 fully saturated rings. The summed E-state index contributed by atoms with van der Waals surface area (Å²) in [7, 11) is 0. The molecule has 2 aromatic rings. The van der Waals surface area contributed by atoms with Crippen LogP contribution in [-0.2, 0) is 17.6 Å². The van der Waals surface area contributed by atoms with Crippen LogP contribution in [0.1, 0.15) is 39.5 Å². The van der Waals surface area contributed by atoms with Gasteiger partial charge in [-0.3, -0.25) is 20.4 Å². The largest absolute Gasteiger partial charge is 0.484 e. The number of hydrogen-bond donors (Lipinski definition) is 2. The van der Waals surface area contributed by atoms with Gasteiger partial charge in [-0.1, -0.05) is 26.0 Å². The van der Waals surface area contributed by atoms with E-state index < -0.39 is 5.91 Å². The third-order valence-corrected chi connectivity index (χ3v) is 4.94. The molecule has 0 aliphatic rings. The van der Waals surface area contributed by atoms with Crippen LogP contribution in [0, 0.1) is 6.92 Å². The number of rotatable bonds is 6. The Labute approximate surface area is 146 Å². The highest BCUT2D eigenvalue weighted by Gasteiger charge is 2.12. The molecule has 0 unspecified atom stereocenters. The van der Waals surface area contributed by atoms with Gasteiger partial charge in [0.05, 0.1) is 4.88 Å². The average molecular weight is 346 g/mol. The molecule has 1 aromatic carbocycles. The Hall–Kier alpha value is -2.34. The van der Waals surface area contributed by atoms with E-state index in [4.69, 9.17) is 4.74 Å². The molecular formula is C18H22N2O3S. The summed E-state index contributed by atoms with van der Waals surface area (Å²) in [6.07, 6.45) is 1.79. The van der Waals surface area contributed by atoms with Crippen LogP contribution in [0.5, 0.6) is 5.75 Å². The van der Waals surface area contributed by atoms with Crippen LogP contribution >= 0.6 is 11.3 Å². The van der Waals surface area contributed by atoms with Crippen LogP contribution < -0.4 is 15.6 Å². The van der Waals surface area contributed by atoms with E-state index >= 15 is 0 Å². The second-order valence-corrected chi connectivity index (χ2v) is 6.50. The topological polar surface area (TPSA) is 67.4 Å². The fourth-order valence-corrected chi connectivity index (χ4v) is 3.22. The molecule has 0 saturated carbocycles. The van der Waals surface area contributed by atoms with Gasteiger partial charge in [-0.25, -0.2) is 0 Å². The first kappa shape index (κ1) is 18.0. The molecule has 0 radical (unpaired) electrons. The lowest BCUT2D eigenvalue weighted by molar-refractivity contribution is -0.123. The van der Waals surface area contributed by atoms with Gasteiger partial charge in [0, 0.05) is 4.88 Å². The van der Waals surface area contributed by atoms with Gasteiger partial charge in [0.25, 0.3) is 11.8 Å². The second kappa shape index (κ2) is 8.49. The molecule has 2 amide bonds. The van der Waals surface area contributed by atoms with E-state index in [2.05, 4.69) is 17.8 Å². The van der Waals surface area contributed by atoms with Crippen molar-refractivity contribution in [1.82, 2.24) is 10.9 Å². The minimum absolute atomic E-state index is 0.156. The standard InChI is InChI=1S/C18H22N2O3S/c1-4-13-7-6-8-14(10-13)23-11-17(21)19-20-18(22)16-9-12(3)15(5-2)24-16/h6-10H,4-5,11H2,1-3H3,(H,19,21)(H,20,22). The third-order valence-electron chi connectivity index (χ3n) is 3.56. The maximum Gasteiger partial charge on any atom is 0.279 e. The number of benzene rings is 1. The van der Waals surface area contributed by atoms with E-state index in [-0.39, 0.29) is 12.5 Å². The molecular weight excluding hydrogens is 324 g/mol. The normalized spacial score (nSPS) is 10.3. The Balaban J connectivity index is 1.80. The van der Waals surface area contributed by atoms with Crippen molar-refractivity contribution in [2.45, 2.75) is 33.6 Å². The fourth-order valence-electron chi connectivity index (χ4n) is 2.21. The predicted octanol–water partition coefficient (Wildman–Crippen LogP) is 3.02. The van der Waals surface area contributed by atoms with Crippen molar-refractivity contribution in [2.24, 2.45) is 0 Å². The van der Waals surface area contributed by atoms with Crippen LogP contribution in [0.25, 0.3) is 0 Å². The van der Waals surface area contributed by atoms with E-state index in [0.717, 1.165) is 24.0 Å². The van der Waals surface area contributed by atoms with Crippen LogP contribution in [0.15, 0.2) is 30.3 Å². The Kier molecular flexibility index (Phi) is 6.37. The summed E-state index contributed by atoms with van der Waals surface area (Å²) in [4.78, 5) is 25.6. The molecule has 5 nitrogen and oxygen atoms in total. The van der Waals surface area contributed by atoms with E-state index in [9.17, 15) is 9.59 Å². The minimum atomic E-state index is -0.408. The zero-order chi connectivity index (χ0) is 17.5. The first-order valence-electron chi connectivity index (χ1n) is 7.93. The monoisotopic (exact) mass is 346 g/mol. The van der Waals surface area contributed by atoms with Crippen molar-refractivity contribution < 1.29 is 14.3 Å². The predicted molar refractivity (Wildman–Crippen MR) is 95.4 cm³/mol. The summed E-state index contributed by atoms with van der Waals surface area (Å²) in [5, 5.41) is 0. The van der Waals surface area contributed by atoms with Gasteiger partial charge in [-0.2, -0.15) is 0 Å². The van der Waals surface area contributed by atoms with Gasteiger partial charge in [0.15, 0.2) is 6.61 Å². The number of carbonyl (C=O) groups is 2. The SMILES string of the molecule is CCc1cccc(OCC(=O)NNC(=O)c2cc(C)c(CC)s2)c1. The summed E-state index contributed by atoms with van der Waals surface area (Å²) in [6.45, 7) is 5.92. The number of aryl methyl sites for hydroxylation is 3. The molecule has 0 aliphatic heterocycles. The number of nitrogens with one attached hydrogen (secondary N) is 2. The van der Waals surface area contributed by atoms with Gasteiger partial charge in [-0.05, 0) is 49.1 Å². The molecule has 0 aliphatic carbocycles. The Morgan fingerprint density at radius 3 is 2.58 bits per heavy atom. The van der Waals surface area contributed by atoms with Crippen LogP contribution in [0.3, 0.4) is 0 Å². The highest BCUT2D eigenvalue weighted by molar-refractivity contribution is 7.14. The van der Waals surface area contributed by atoms with Crippen molar-refractivity contribution >= 4 is 23.2 Å². The lowest BCUT2D eigenvalue weighted by Gasteiger charge is -2.09. The zero-order valence-electron chi connectivity index (χ0n) is 14.1. The number of hydrazine groups is 1. The van der Waals surface area contributed by atoms with Crippen LogP contribution in [0.2, 0.25) is 0 Å². The third kappa shape index (κ3) is 4.83. The highest BCUT2D eigenvalue weighted by atomic mass is 32.1. The number of ether oxygens (including phenoxy) is 1. The molecule has 0 spiro atoms. The summed E-state index contributed by atoms with van der Waals surface area (Å²) in [5.74, 6) is -0.0873. The summed E-state index contributed by atoms with van der Waals surface area (Å²) >= 11 is 1.44. The molecule has 2 rings (SSSR count). The molecule has 0 saturated heterocycles. The first-order valence-corrected chi connectivity index (χ1v) is 8.75. The number of carbonyl (C=O) groups excluding carboxylic acids is 2. The summed E-state index contributed by atoms with van der Waals surface area (Å²) in [6, 6.07) is 9.41. The fraction of sp³-hybridized carbons (Fsp3) is 0.333. The molecule has 24 heavy (non-hydrogen) atoms. The van der Waals surface area contributed by atoms with Gasteiger partial charge >= 0.3 is 0 Å². The van der Waals surface area contributed by atoms with Crippen LogP contribution in [-0.4, -0.2) is 18.4 Å². The molecule has 1 heterocycles. The minimum Gasteiger partial charge on any atom is -0.484 e. The summed E-state index contributed by atoms with van der Waals surface area (Å²) in [5.41, 5.74) is 7.02. The molecule has 1 aromatic heterocycles. The maximum atomic E-state index is 12.0. The van der Waals surface area contributed by atoms with E-state index in [1.807, 2.05) is 38.1 Å². The van der Waals surface area contributed by atoms with E-state index in [0.29, 0.717) is 10.6 Å².